The van der Waals surface area contributed by atoms with E-state index < -0.39 is 0 Å². The van der Waals surface area contributed by atoms with Crippen molar-refractivity contribution >= 4 is 46.0 Å². The van der Waals surface area contributed by atoms with E-state index in [1.165, 1.54) is 0 Å². The monoisotopic (exact) mass is 450 g/mol. The number of rotatable bonds is 7. The molecule has 0 fully saturated rings. The van der Waals surface area contributed by atoms with Crippen molar-refractivity contribution in [1.29, 1.82) is 0 Å². The van der Waals surface area contributed by atoms with Crippen molar-refractivity contribution in [2.24, 2.45) is 0 Å². The maximum atomic E-state index is 11.3. The first-order valence-electron chi connectivity index (χ1n) is 10.1. The minimum absolute atomic E-state index is 0.110. The third-order valence-electron chi connectivity index (χ3n) is 5.04. The molecular formula is C25H23ClN2O2S. The molecule has 0 radical (unpaired) electrons. The molecule has 6 heteroatoms. The number of pyridine rings is 1. The minimum atomic E-state index is -0.176. The second-order valence-corrected chi connectivity index (χ2v) is 8.52. The standard InChI is InChI=1S/C25H23ClN2O2S/c26-20-10-11-24-23(18-20)28(15-17-30)25(31-24)9-3-1-2-6-19-12-13-27(14-16-29)22-8-5-4-7-21(19)22/h1-13,18,29H,14-17H2. The van der Waals surface area contributed by atoms with E-state index in [9.17, 15) is 10.2 Å². The number of thioether (sulfide) groups is 1. The molecule has 4 nitrogen and oxygen atoms in total. The first kappa shape index (κ1) is 21.7. The van der Waals surface area contributed by atoms with Gasteiger partial charge in [-0.15, -0.1) is 6.61 Å². The summed E-state index contributed by atoms with van der Waals surface area (Å²) in [5.41, 5.74) is 3.21. The van der Waals surface area contributed by atoms with Crippen LogP contribution in [0.25, 0.3) is 17.0 Å². The highest BCUT2D eigenvalue weighted by atomic mass is 35.5. The Morgan fingerprint density at radius 3 is 2.81 bits per heavy atom. The second kappa shape index (κ2) is 10.2. The predicted octanol–water partition coefficient (Wildman–Crippen LogP) is 4.16. The van der Waals surface area contributed by atoms with E-state index in [1.807, 2.05) is 65.7 Å². The van der Waals surface area contributed by atoms with E-state index in [0.29, 0.717) is 18.1 Å². The molecule has 31 heavy (non-hydrogen) atoms. The summed E-state index contributed by atoms with van der Waals surface area (Å²) in [6, 6.07) is 16.0. The summed E-state index contributed by atoms with van der Waals surface area (Å²) in [6.07, 6.45) is 12.1. The van der Waals surface area contributed by atoms with Gasteiger partial charge in [0.1, 0.15) is 6.61 Å². The van der Waals surface area contributed by atoms with Crippen molar-refractivity contribution in [3.8, 4) is 0 Å². The SMILES string of the molecule is [O-]CCN1/C(=C/C=C/C=C/c2cc[n+](CCO)c3ccccc23)Sc2ccc(Cl)cc21. The average molecular weight is 451 g/mol. The van der Waals surface area contributed by atoms with Gasteiger partial charge < -0.3 is 15.1 Å². The van der Waals surface area contributed by atoms with E-state index >= 15 is 0 Å². The Balaban J connectivity index is 1.53. The molecule has 2 heterocycles. The maximum Gasteiger partial charge on any atom is 0.213 e. The van der Waals surface area contributed by atoms with Crippen LogP contribution in [0.5, 0.6) is 0 Å². The summed E-state index contributed by atoms with van der Waals surface area (Å²) in [5.74, 6) is 0. The summed E-state index contributed by atoms with van der Waals surface area (Å²) in [4.78, 5) is 3.14. The molecule has 0 amide bonds. The molecule has 158 valence electrons. The van der Waals surface area contributed by atoms with Crippen molar-refractivity contribution < 1.29 is 14.8 Å². The van der Waals surface area contributed by atoms with Crippen molar-refractivity contribution in [2.75, 3.05) is 24.7 Å². The van der Waals surface area contributed by atoms with E-state index in [-0.39, 0.29) is 13.2 Å². The average Bonchev–Trinajstić information content (AvgIpc) is 3.12. The molecule has 0 atom stereocenters. The molecular weight excluding hydrogens is 428 g/mol. The Hall–Kier alpha value is -2.57. The van der Waals surface area contributed by atoms with Gasteiger partial charge in [-0.2, -0.15) is 4.57 Å². The van der Waals surface area contributed by atoms with E-state index in [1.54, 1.807) is 11.8 Å². The Kier molecular flexibility index (Phi) is 7.10. The summed E-state index contributed by atoms with van der Waals surface area (Å²) in [6.45, 7) is 0.923. The van der Waals surface area contributed by atoms with Gasteiger partial charge in [0.05, 0.1) is 16.1 Å². The number of halogens is 1. The van der Waals surface area contributed by atoms with Crippen molar-refractivity contribution in [3.63, 3.8) is 0 Å². The van der Waals surface area contributed by atoms with Crippen LogP contribution in [-0.4, -0.2) is 24.9 Å². The number of benzene rings is 2. The second-order valence-electron chi connectivity index (χ2n) is 7.02. The zero-order chi connectivity index (χ0) is 21.6. The number of hydrogen-bond donors (Lipinski definition) is 1. The topological polar surface area (TPSA) is 50.4 Å². The van der Waals surface area contributed by atoms with Gasteiger partial charge in [-0.25, -0.2) is 0 Å². The lowest BCUT2D eigenvalue weighted by Gasteiger charge is -2.22. The lowest BCUT2D eigenvalue weighted by atomic mass is 10.1. The Bertz CT molecular complexity index is 1170. The highest BCUT2D eigenvalue weighted by Gasteiger charge is 2.23. The van der Waals surface area contributed by atoms with Crippen molar-refractivity contribution in [3.05, 3.63) is 94.6 Å². The molecule has 4 rings (SSSR count). The number of aliphatic hydroxyl groups is 1. The van der Waals surface area contributed by atoms with Crippen LogP contribution in [0.3, 0.4) is 0 Å². The van der Waals surface area contributed by atoms with E-state index in [0.717, 1.165) is 32.1 Å². The molecule has 0 bridgehead atoms. The quantitative estimate of drug-likeness (QED) is 0.434. The number of hydrogen-bond acceptors (Lipinski definition) is 4. The smallest absolute Gasteiger partial charge is 0.213 e. The third-order valence-corrected chi connectivity index (χ3v) is 6.41. The molecule has 1 aliphatic rings. The van der Waals surface area contributed by atoms with Crippen molar-refractivity contribution in [2.45, 2.75) is 11.4 Å². The molecule has 0 aliphatic carbocycles. The molecule has 0 saturated carbocycles. The molecule has 3 aromatic rings. The molecule has 0 unspecified atom stereocenters. The van der Waals surface area contributed by atoms with Crippen LogP contribution in [0.15, 0.2) is 89.0 Å². The van der Waals surface area contributed by atoms with Gasteiger partial charge in [0.15, 0.2) is 12.7 Å². The summed E-state index contributed by atoms with van der Waals surface area (Å²) < 4.78 is 2.05. The highest BCUT2D eigenvalue weighted by molar-refractivity contribution is 8.03. The van der Waals surface area contributed by atoms with Gasteiger partial charge in [-0.05, 0) is 35.9 Å². The van der Waals surface area contributed by atoms with Gasteiger partial charge in [0.2, 0.25) is 5.52 Å². The maximum absolute atomic E-state index is 11.3. The zero-order valence-corrected chi connectivity index (χ0v) is 18.5. The first-order chi connectivity index (χ1) is 15.2. The molecule has 1 N–H and O–H groups in total. The molecule has 1 aliphatic heterocycles. The third kappa shape index (κ3) is 4.86. The van der Waals surface area contributed by atoms with Gasteiger partial charge >= 0.3 is 0 Å². The summed E-state index contributed by atoms with van der Waals surface area (Å²) in [5, 5.41) is 23.4. The number of nitrogens with zero attached hydrogens (tertiary/aromatic N) is 2. The summed E-state index contributed by atoms with van der Waals surface area (Å²) >= 11 is 7.78. The van der Waals surface area contributed by atoms with E-state index in [2.05, 4.69) is 28.8 Å². The Labute approximate surface area is 191 Å². The number of anilines is 1. The van der Waals surface area contributed by atoms with Crippen LogP contribution in [0.1, 0.15) is 5.56 Å². The predicted molar refractivity (Wildman–Crippen MR) is 127 cm³/mol. The fraction of sp³-hybridized carbons (Fsp3) is 0.160. The lowest BCUT2D eigenvalue weighted by Crippen LogP contribution is -2.36. The fourth-order valence-electron chi connectivity index (χ4n) is 3.64. The molecule has 0 saturated heterocycles. The molecule has 1 aromatic heterocycles. The van der Waals surface area contributed by atoms with Gasteiger partial charge in [0.25, 0.3) is 0 Å². The van der Waals surface area contributed by atoms with Gasteiger partial charge in [-0.3, -0.25) is 0 Å². The number of allylic oxidation sites excluding steroid dienone is 4. The lowest BCUT2D eigenvalue weighted by molar-refractivity contribution is -0.672. The zero-order valence-electron chi connectivity index (χ0n) is 16.9. The minimum Gasteiger partial charge on any atom is -0.853 e. The number of para-hydroxylation sites is 1. The highest BCUT2D eigenvalue weighted by Crippen LogP contribution is 2.46. The summed E-state index contributed by atoms with van der Waals surface area (Å²) in [7, 11) is 0. The van der Waals surface area contributed by atoms with Gasteiger partial charge in [0, 0.05) is 28.6 Å². The fourth-order valence-corrected chi connectivity index (χ4v) is 4.89. The van der Waals surface area contributed by atoms with Crippen molar-refractivity contribution in [1.82, 2.24) is 0 Å². The van der Waals surface area contributed by atoms with E-state index in [4.69, 9.17) is 11.6 Å². The van der Waals surface area contributed by atoms with Crippen LogP contribution in [0.2, 0.25) is 5.02 Å². The van der Waals surface area contributed by atoms with Crippen LogP contribution < -0.4 is 14.6 Å². The molecule has 2 aromatic carbocycles. The Morgan fingerprint density at radius 2 is 1.97 bits per heavy atom. The van der Waals surface area contributed by atoms with Gasteiger partial charge in [-0.1, -0.05) is 59.8 Å². The molecule has 0 spiro atoms. The Morgan fingerprint density at radius 1 is 1.10 bits per heavy atom. The van der Waals surface area contributed by atoms with Crippen LogP contribution in [-0.2, 0) is 6.54 Å². The van der Waals surface area contributed by atoms with Crippen LogP contribution >= 0.6 is 23.4 Å². The number of fused-ring (bicyclic) bond motifs is 2. The largest absolute Gasteiger partial charge is 0.853 e. The number of aromatic nitrogens is 1. The normalized spacial score (nSPS) is 15.1. The number of aliphatic hydroxyl groups excluding tert-OH is 1. The first-order valence-corrected chi connectivity index (χ1v) is 11.3. The van der Waals surface area contributed by atoms with Crippen LogP contribution in [0, 0.1) is 0 Å². The van der Waals surface area contributed by atoms with Crippen LogP contribution in [0.4, 0.5) is 5.69 Å².